The van der Waals surface area contributed by atoms with Gasteiger partial charge < -0.3 is 14.6 Å². The minimum absolute atomic E-state index is 0.198. The number of aromatic amines is 1. The minimum Gasteiger partial charge on any atom is -0.469 e. The van der Waals surface area contributed by atoms with E-state index in [-0.39, 0.29) is 13.0 Å². The van der Waals surface area contributed by atoms with Crippen molar-refractivity contribution in [2.75, 3.05) is 13.7 Å². The summed E-state index contributed by atoms with van der Waals surface area (Å²) >= 11 is 0. The second kappa shape index (κ2) is 5.59. The number of rotatable bonds is 3. The van der Waals surface area contributed by atoms with E-state index in [0.29, 0.717) is 5.56 Å². The van der Waals surface area contributed by atoms with Gasteiger partial charge in [-0.2, -0.15) is 0 Å². The smallest absolute Gasteiger partial charge is 0.330 e. The fraction of sp³-hybridized carbons (Fsp3) is 0.583. The van der Waals surface area contributed by atoms with Crippen molar-refractivity contribution in [3.05, 3.63) is 32.6 Å². The van der Waals surface area contributed by atoms with Gasteiger partial charge in [0, 0.05) is 18.2 Å². The van der Waals surface area contributed by atoms with E-state index in [4.69, 9.17) is 4.74 Å². The molecule has 0 bridgehead atoms. The maximum absolute atomic E-state index is 11.8. The highest BCUT2D eigenvalue weighted by Gasteiger charge is 2.41. The fourth-order valence-corrected chi connectivity index (χ4v) is 2.27. The van der Waals surface area contributed by atoms with Gasteiger partial charge in [-0.05, 0) is 6.92 Å². The highest BCUT2D eigenvalue weighted by atomic mass is 16.5. The lowest BCUT2D eigenvalue weighted by atomic mass is 10.0. The van der Waals surface area contributed by atoms with Crippen LogP contribution in [0.15, 0.2) is 15.8 Å². The zero-order valence-electron chi connectivity index (χ0n) is 11.2. The molecule has 1 fully saturated rings. The molecule has 1 aromatic heterocycles. The van der Waals surface area contributed by atoms with Gasteiger partial charge in [-0.1, -0.05) is 0 Å². The van der Waals surface area contributed by atoms with E-state index >= 15 is 0 Å². The Bertz CT molecular complexity index is 619. The van der Waals surface area contributed by atoms with Crippen LogP contribution >= 0.6 is 0 Å². The molecule has 2 heterocycles. The van der Waals surface area contributed by atoms with Crippen LogP contribution in [0.3, 0.4) is 0 Å². The van der Waals surface area contributed by atoms with Crippen molar-refractivity contribution < 1.29 is 19.4 Å². The molecular weight excluding hydrogens is 268 g/mol. The molecule has 0 amide bonds. The van der Waals surface area contributed by atoms with Gasteiger partial charge in [0.1, 0.15) is 6.23 Å². The second-order valence-corrected chi connectivity index (χ2v) is 4.66. The van der Waals surface area contributed by atoms with Crippen LogP contribution in [0.1, 0.15) is 18.2 Å². The number of ether oxygens (including phenoxy) is 2. The molecule has 8 nitrogen and oxygen atoms in total. The van der Waals surface area contributed by atoms with E-state index < -0.39 is 35.5 Å². The van der Waals surface area contributed by atoms with Gasteiger partial charge in [-0.25, -0.2) is 4.79 Å². The van der Waals surface area contributed by atoms with Gasteiger partial charge in [0.25, 0.3) is 5.56 Å². The molecule has 20 heavy (non-hydrogen) atoms. The number of aromatic nitrogens is 2. The molecule has 0 aliphatic carbocycles. The Morgan fingerprint density at radius 2 is 2.30 bits per heavy atom. The zero-order valence-corrected chi connectivity index (χ0v) is 11.2. The van der Waals surface area contributed by atoms with Crippen LogP contribution in [0.4, 0.5) is 0 Å². The molecule has 0 aromatic carbocycles. The van der Waals surface area contributed by atoms with E-state index in [1.165, 1.54) is 17.9 Å². The molecule has 1 aliphatic rings. The molecular formula is C12H16N2O6. The topological polar surface area (TPSA) is 111 Å². The lowest BCUT2D eigenvalue weighted by Crippen LogP contribution is -2.33. The summed E-state index contributed by atoms with van der Waals surface area (Å²) in [5.74, 6) is -1.14. The number of aryl methyl sites for hydroxylation is 1. The Hall–Kier alpha value is -1.93. The van der Waals surface area contributed by atoms with E-state index in [1.807, 2.05) is 0 Å². The number of carbonyl (C=O) groups is 1. The molecule has 0 unspecified atom stereocenters. The number of hydrogen-bond acceptors (Lipinski definition) is 6. The Labute approximate surface area is 114 Å². The third kappa shape index (κ3) is 2.52. The van der Waals surface area contributed by atoms with E-state index in [1.54, 1.807) is 6.92 Å². The first-order chi connectivity index (χ1) is 9.47. The maximum Gasteiger partial charge on any atom is 0.330 e. The molecule has 0 saturated carbocycles. The summed E-state index contributed by atoms with van der Waals surface area (Å²) in [5.41, 5.74) is -0.726. The van der Waals surface area contributed by atoms with Crippen molar-refractivity contribution >= 4 is 5.97 Å². The maximum atomic E-state index is 11.8. The summed E-state index contributed by atoms with van der Waals surface area (Å²) in [7, 11) is 1.25. The fourth-order valence-electron chi connectivity index (χ4n) is 2.27. The standard InChI is InChI=1S/C12H16N2O6/c1-6-4-14(12(18)13-10(6)16)9-3-7(11(17)19-2)8(5-15)20-9/h4,7-9,15H,3,5H2,1-2H3,(H,13,16,18)/t7-,8+,9+/m0/s1. The van der Waals surface area contributed by atoms with Crippen LogP contribution in [0.5, 0.6) is 0 Å². The first-order valence-corrected chi connectivity index (χ1v) is 6.14. The Morgan fingerprint density at radius 1 is 1.60 bits per heavy atom. The number of nitrogens with one attached hydrogen (secondary N) is 1. The summed E-state index contributed by atoms with van der Waals surface area (Å²) in [6, 6.07) is 0. The quantitative estimate of drug-likeness (QED) is 0.683. The summed E-state index contributed by atoms with van der Waals surface area (Å²) in [6.07, 6.45) is 0.120. The van der Waals surface area contributed by atoms with Crippen LogP contribution in [0, 0.1) is 12.8 Å². The first-order valence-electron chi connectivity index (χ1n) is 6.14. The predicted molar refractivity (Wildman–Crippen MR) is 67.2 cm³/mol. The van der Waals surface area contributed by atoms with Gasteiger partial charge in [0.05, 0.1) is 25.7 Å². The van der Waals surface area contributed by atoms with Gasteiger partial charge in [0.15, 0.2) is 0 Å². The molecule has 0 spiro atoms. The van der Waals surface area contributed by atoms with Crippen molar-refractivity contribution in [3.63, 3.8) is 0 Å². The average Bonchev–Trinajstić information content (AvgIpc) is 2.85. The van der Waals surface area contributed by atoms with Crippen LogP contribution in [-0.4, -0.2) is 40.4 Å². The average molecular weight is 284 g/mol. The highest BCUT2D eigenvalue weighted by molar-refractivity contribution is 5.73. The number of methoxy groups -OCH3 is 1. The first kappa shape index (κ1) is 14.5. The molecule has 2 N–H and O–H groups in total. The van der Waals surface area contributed by atoms with Crippen molar-refractivity contribution in [2.24, 2.45) is 5.92 Å². The van der Waals surface area contributed by atoms with Crippen LogP contribution in [-0.2, 0) is 14.3 Å². The van der Waals surface area contributed by atoms with Gasteiger partial charge in [-0.3, -0.25) is 19.1 Å². The van der Waals surface area contributed by atoms with Crippen molar-refractivity contribution in [2.45, 2.75) is 25.7 Å². The lowest BCUT2D eigenvalue weighted by Gasteiger charge is -2.15. The van der Waals surface area contributed by atoms with Crippen molar-refractivity contribution in [3.8, 4) is 0 Å². The largest absolute Gasteiger partial charge is 0.469 e. The number of carbonyl (C=O) groups excluding carboxylic acids is 1. The number of hydrogen-bond donors (Lipinski definition) is 2. The van der Waals surface area contributed by atoms with Crippen LogP contribution in [0.25, 0.3) is 0 Å². The van der Waals surface area contributed by atoms with E-state index in [0.717, 1.165) is 0 Å². The number of H-pyrrole nitrogens is 1. The summed E-state index contributed by atoms with van der Waals surface area (Å²) in [6.45, 7) is 1.21. The van der Waals surface area contributed by atoms with Crippen molar-refractivity contribution in [1.29, 1.82) is 0 Å². The number of esters is 1. The lowest BCUT2D eigenvalue weighted by molar-refractivity contribution is -0.148. The third-order valence-electron chi connectivity index (χ3n) is 3.38. The molecule has 2 rings (SSSR count). The molecule has 1 aliphatic heterocycles. The molecule has 1 saturated heterocycles. The van der Waals surface area contributed by atoms with Crippen LogP contribution < -0.4 is 11.2 Å². The number of aliphatic hydroxyl groups excluding tert-OH is 1. The van der Waals surface area contributed by atoms with E-state index in [9.17, 15) is 19.5 Å². The zero-order chi connectivity index (χ0) is 14.9. The second-order valence-electron chi connectivity index (χ2n) is 4.66. The summed E-state index contributed by atoms with van der Waals surface area (Å²) in [5, 5.41) is 9.24. The van der Waals surface area contributed by atoms with Crippen molar-refractivity contribution in [1.82, 2.24) is 9.55 Å². The molecule has 1 aromatic rings. The van der Waals surface area contributed by atoms with Crippen LogP contribution in [0.2, 0.25) is 0 Å². The third-order valence-corrected chi connectivity index (χ3v) is 3.38. The molecule has 8 heteroatoms. The normalized spacial score (nSPS) is 25.6. The number of aliphatic hydroxyl groups is 1. The monoisotopic (exact) mass is 284 g/mol. The number of nitrogens with zero attached hydrogens (tertiary/aromatic N) is 1. The SMILES string of the molecule is COC(=O)[C@H]1C[C@H](n2cc(C)c(=O)[nH]c2=O)O[C@@H]1CO. The van der Waals surface area contributed by atoms with Gasteiger partial charge in [-0.15, -0.1) is 0 Å². The summed E-state index contributed by atoms with van der Waals surface area (Å²) in [4.78, 5) is 36.9. The highest BCUT2D eigenvalue weighted by Crippen LogP contribution is 2.33. The van der Waals surface area contributed by atoms with Gasteiger partial charge >= 0.3 is 11.7 Å². The predicted octanol–water partition coefficient (Wildman–Crippen LogP) is -1.09. The minimum atomic E-state index is -0.730. The van der Waals surface area contributed by atoms with Gasteiger partial charge in [0.2, 0.25) is 0 Å². The molecule has 110 valence electrons. The van der Waals surface area contributed by atoms with E-state index in [2.05, 4.69) is 9.72 Å². The summed E-state index contributed by atoms with van der Waals surface area (Å²) < 4.78 is 11.4. The molecule has 3 atom stereocenters. The Balaban J connectivity index is 2.32. The Kier molecular flexibility index (Phi) is 4.05. The Morgan fingerprint density at radius 3 is 2.90 bits per heavy atom. The molecule has 0 radical (unpaired) electrons.